The summed E-state index contributed by atoms with van der Waals surface area (Å²) in [5.74, 6) is -1.01. The molecule has 0 bridgehead atoms. The molecule has 3 N–H and O–H groups in total. The van der Waals surface area contributed by atoms with Crippen LogP contribution in [0.1, 0.15) is 11.1 Å². The van der Waals surface area contributed by atoms with Crippen molar-refractivity contribution in [3.05, 3.63) is 47.8 Å². The first-order chi connectivity index (χ1) is 10.1. The van der Waals surface area contributed by atoms with Crippen molar-refractivity contribution in [2.45, 2.75) is 19.0 Å². The van der Waals surface area contributed by atoms with Gasteiger partial charge in [0.25, 0.3) is 0 Å². The van der Waals surface area contributed by atoms with Crippen LogP contribution in [-0.2, 0) is 17.8 Å². The van der Waals surface area contributed by atoms with Gasteiger partial charge in [-0.2, -0.15) is 5.10 Å². The van der Waals surface area contributed by atoms with Gasteiger partial charge in [0.2, 0.25) is 0 Å². The van der Waals surface area contributed by atoms with E-state index in [1.807, 2.05) is 24.3 Å². The van der Waals surface area contributed by atoms with E-state index < -0.39 is 18.0 Å². The summed E-state index contributed by atoms with van der Waals surface area (Å²) in [6, 6.07) is 6.25. The molecule has 0 saturated heterocycles. The number of rotatable bonds is 2. The predicted octanol–water partition coefficient (Wildman–Crippen LogP) is 1.45. The molecule has 0 aliphatic carbocycles. The average molecular weight is 286 g/mol. The molecule has 3 rings (SSSR count). The van der Waals surface area contributed by atoms with Crippen LogP contribution in [0.2, 0.25) is 0 Å². The number of aromatic nitrogens is 2. The summed E-state index contributed by atoms with van der Waals surface area (Å²) < 4.78 is 0. The molecule has 2 heterocycles. The maximum Gasteiger partial charge on any atom is 0.326 e. The minimum atomic E-state index is -1.01. The second-order valence-electron chi connectivity index (χ2n) is 4.87. The Morgan fingerprint density at radius 1 is 1.33 bits per heavy atom. The van der Waals surface area contributed by atoms with Crippen molar-refractivity contribution >= 4 is 17.7 Å². The number of benzene rings is 1. The van der Waals surface area contributed by atoms with Gasteiger partial charge < -0.3 is 15.3 Å². The average Bonchev–Trinajstić information content (AvgIpc) is 2.98. The Balaban J connectivity index is 1.85. The van der Waals surface area contributed by atoms with Crippen molar-refractivity contribution < 1.29 is 14.7 Å². The third kappa shape index (κ3) is 2.58. The summed E-state index contributed by atoms with van der Waals surface area (Å²) in [4.78, 5) is 25.1. The number of urea groups is 1. The normalized spacial score (nSPS) is 17.1. The number of carbonyl (C=O) groups excluding carboxylic acids is 1. The Kier molecular flexibility index (Phi) is 3.31. The van der Waals surface area contributed by atoms with E-state index in [-0.39, 0.29) is 6.54 Å². The molecule has 1 aliphatic heterocycles. The Morgan fingerprint density at radius 3 is 2.76 bits per heavy atom. The highest BCUT2D eigenvalue weighted by atomic mass is 16.4. The van der Waals surface area contributed by atoms with Gasteiger partial charge in [-0.3, -0.25) is 5.10 Å². The lowest BCUT2D eigenvalue weighted by Gasteiger charge is -2.34. The van der Waals surface area contributed by atoms with Gasteiger partial charge in [0, 0.05) is 19.2 Å². The minimum Gasteiger partial charge on any atom is -0.480 e. The minimum absolute atomic E-state index is 0.275. The van der Waals surface area contributed by atoms with Crippen LogP contribution in [0.3, 0.4) is 0 Å². The molecule has 1 aromatic carbocycles. The molecule has 2 aromatic rings. The van der Waals surface area contributed by atoms with Crippen molar-refractivity contribution in [1.29, 1.82) is 0 Å². The van der Waals surface area contributed by atoms with Gasteiger partial charge in [-0.05, 0) is 11.1 Å². The fourth-order valence-electron chi connectivity index (χ4n) is 2.47. The van der Waals surface area contributed by atoms with Gasteiger partial charge >= 0.3 is 12.0 Å². The highest BCUT2D eigenvalue weighted by Gasteiger charge is 2.34. The Morgan fingerprint density at radius 2 is 2.10 bits per heavy atom. The van der Waals surface area contributed by atoms with Gasteiger partial charge in [0.15, 0.2) is 0 Å². The van der Waals surface area contributed by atoms with Gasteiger partial charge in [-0.15, -0.1) is 0 Å². The van der Waals surface area contributed by atoms with Crippen molar-refractivity contribution in [1.82, 2.24) is 15.1 Å². The van der Waals surface area contributed by atoms with Gasteiger partial charge in [0.1, 0.15) is 6.04 Å². The zero-order valence-corrected chi connectivity index (χ0v) is 11.1. The predicted molar refractivity (Wildman–Crippen MR) is 74.7 cm³/mol. The lowest BCUT2D eigenvalue weighted by molar-refractivity contribution is -0.142. The molecule has 21 heavy (non-hydrogen) atoms. The van der Waals surface area contributed by atoms with E-state index in [0.29, 0.717) is 12.1 Å². The first-order valence-corrected chi connectivity index (χ1v) is 6.51. The smallest absolute Gasteiger partial charge is 0.326 e. The monoisotopic (exact) mass is 286 g/mol. The number of aromatic amines is 1. The van der Waals surface area contributed by atoms with Crippen LogP contribution in [0.5, 0.6) is 0 Å². The van der Waals surface area contributed by atoms with E-state index in [0.717, 1.165) is 11.1 Å². The summed E-state index contributed by atoms with van der Waals surface area (Å²) in [6.07, 6.45) is 3.31. The number of hydrogen-bond acceptors (Lipinski definition) is 3. The molecule has 0 fully saturated rings. The topological polar surface area (TPSA) is 98.3 Å². The fraction of sp³-hybridized carbons (Fsp3) is 0.214. The first kappa shape index (κ1) is 13.2. The number of H-pyrrole nitrogens is 1. The van der Waals surface area contributed by atoms with Crippen LogP contribution in [0.25, 0.3) is 0 Å². The molecule has 0 spiro atoms. The summed E-state index contributed by atoms with van der Waals surface area (Å²) in [7, 11) is 0. The summed E-state index contributed by atoms with van der Waals surface area (Å²) in [6.45, 7) is 0.275. The first-order valence-electron chi connectivity index (χ1n) is 6.51. The molecular weight excluding hydrogens is 272 g/mol. The Hall–Kier alpha value is -2.83. The molecule has 0 unspecified atom stereocenters. The third-order valence-electron chi connectivity index (χ3n) is 3.54. The number of aliphatic carboxylic acids is 1. The van der Waals surface area contributed by atoms with Crippen LogP contribution in [0.15, 0.2) is 36.7 Å². The van der Waals surface area contributed by atoms with Crippen molar-refractivity contribution in [3.63, 3.8) is 0 Å². The summed E-state index contributed by atoms with van der Waals surface area (Å²) in [5.41, 5.74) is 2.44. The van der Waals surface area contributed by atoms with Gasteiger partial charge in [0.05, 0.1) is 11.9 Å². The lowest BCUT2D eigenvalue weighted by atomic mass is 9.94. The second kappa shape index (κ2) is 5.28. The standard InChI is InChI=1S/C14H14N4O3/c19-13(20)12-5-9-3-1-2-4-10(9)8-18(12)14(21)17-11-6-15-16-7-11/h1-4,6-7,12H,5,8H2,(H,15,16)(H,17,21)(H,19,20)/t12-/m0/s1. The number of anilines is 1. The van der Waals surface area contributed by atoms with Gasteiger partial charge in [-0.25, -0.2) is 9.59 Å². The largest absolute Gasteiger partial charge is 0.480 e. The number of nitrogens with zero attached hydrogens (tertiary/aromatic N) is 2. The van der Waals surface area contributed by atoms with Crippen LogP contribution in [0.4, 0.5) is 10.5 Å². The van der Waals surface area contributed by atoms with Crippen molar-refractivity contribution in [3.8, 4) is 0 Å². The van der Waals surface area contributed by atoms with Crippen molar-refractivity contribution in [2.75, 3.05) is 5.32 Å². The molecule has 7 nitrogen and oxygen atoms in total. The highest BCUT2D eigenvalue weighted by Crippen LogP contribution is 2.24. The second-order valence-corrected chi connectivity index (χ2v) is 4.87. The van der Waals surface area contributed by atoms with E-state index >= 15 is 0 Å². The Bertz CT molecular complexity index is 669. The van der Waals surface area contributed by atoms with E-state index in [1.165, 1.54) is 17.3 Å². The number of fused-ring (bicyclic) bond motifs is 1. The van der Waals surface area contributed by atoms with Gasteiger partial charge in [-0.1, -0.05) is 24.3 Å². The van der Waals surface area contributed by atoms with Crippen LogP contribution in [0, 0.1) is 0 Å². The highest BCUT2D eigenvalue weighted by molar-refractivity contribution is 5.92. The van der Waals surface area contributed by atoms with E-state index in [4.69, 9.17) is 0 Å². The molecule has 1 aromatic heterocycles. The molecule has 7 heteroatoms. The molecule has 0 saturated carbocycles. The molecular formula is C14H14N4O3. The molecule has 0 radical (unpaired) electrons. The van der Waals surface area contributed by atoms with Crippen LogP contribution < -0.4 is 5.32 Å². The summed E-state index contributed by atoms with van der Waals surface area (Å²) in [5, 5.41) is 18.3. The van der Waals surface area contributed by atoms with E-state index in [9.17, 15) is 14.7 Å². The van der Waals surface area contributed by atoms with Crippen LogP contribution >= 0.6 is 0 Å². The maximum absolute atomic E-state index is 12.3. The number of carbonyl (C=O) groups is 2. The molecule has 108 valence electrons. The van der Waals surface area contributed by atoms with Crippen LogP contribution in [-0.4, -0.2) is 38.2 Å². The fourth-order valence-corrected chi connectivity index (χ4v) is 2.47. The molecule has 2 amide bonds. The third-order valence-corrected chi connectivity index (χ3v) is 3.54. The maximum atomic E-state index is 12.3. The quantitative estimate of drug-likeness (QED) is 0.778. The zero-order valence-electron chi connectivity index (χ0n) is 11.1. The number of hydrogen-bond donors (Lipinski definition) is 3. The number of amides is 2. The number of carboxylic acid groups (broad SMARTS) is 1. The Labute approximate surface area is 120 Å². The summed E-state index contributed by atoms with van der Waals surface area (Å²) >= 11 is 0. The zero-order chi connectivity index (χ0) is 14.8. The molecule has 1 aliphatic rings. The lowest BCUT2D eigenvalue weighted by Crippen LogP contribution is -2.50. The SMILES string of the molecule is O=C(O)[C@@H]1Cc2ccccc2CN1C(=O)Nc1cn[nH]c1. The number of carboxylic acids is 1. The molecule has 1 atom stereocenters. The van der Waals surface area contributed by atoms with E-state index in [2.05, 4.69) is 15.5 Å². The number of nitrogens with one attached hydrogen (secondary N) is 2. The van der Waals surface area contributed by atoms with E-state index in [1.54, 1.807) is 0 Å². The van der Waals surface area contributed by atoms with Crippen molar-refractivity contribution in [2.24, 2.45) is 0 Å².